The molecule has 0 fully saturated rings. The summed E-state index contributed by atoms with van der Waals surface area (Å²) in [5, 5.41) is 11.0. The smallest absolute Gasteiger partial charge is 0.204 e. The number of fused-ring (bicyclic) bond motifs is 3. The normalized spacial score (nSPS) is 15.2. The fourth-order valence-corrected chi connectivity index (χ4v) is 4.21. The molecule has 0 radical (unpaired) electrons. The molecule has 0 saturated carbocycles. The predicted molar refractivity (Wildman–Crippen MR) is 129 cm³/mol. The Balaban J connectivity index is 2.00. The van der Waals surface area contributed by atoms with Gasteiger partial charge in [0.25, 0.3) is 0 Å². The maximum Gasteiger partial charge on any atom is 0.204 e. The van der Waals surface area contributed by atoms with Crippen molar-refractivity contribution < 1.29 is 23.7 Å². The highest BCUT2D eigenvalue weighted by Gasteiger charge is 2.39. The van der Waals surface area contributed by atoms with Crippen molar-refractivity contribution in [2.75, 3.05) is 14.2 Å². The van der Waals surface area contributed by atoms with E-state index in [4.69, 9.17) is 18.6 Å². The Morgan fingerprint density at radius 2 is 1.88 bits per heavy atom. The molecule has 0 spiro atoms. The van der Waals surface area contributed by atoms with Crippen LogP contribution in [0.25, 0.3) is 22.1 Å². The molecule has 3 aromatic rings. The number of aliphatic hydroxyl groups is 1. The fourth-order valence-electron chi connectivity index (χ4n) is 4.21. The van der Waals surface area contributed by atoms with Crippen LogP contribution in [-0.4, -0.2) is 31.0 Å². The lowest BCUT2D eigenvalue weighted by Gasteiger charge is -2.25. The molecule has 0 saturated heterocycles. The molecule has 1 aromatic heterocycles. The Labute approximate surface area is 193 Å². The number of benzene rings is 2. The predicted octanol–water partition coefficient (Wildman–Crippen LogP) is 5.06. The van der Waals surface area contributed by atoms with E-state index in [1.54, 1.807) is 40.2 Å². The molecular weight excluding hydrogens is 420 g/mol. The van der Waals surface area contributed by atoms with E-state index in [0.717, 1.165) is 22.3 Å². The minimum atomic E-state index is -1.06. The molecule has 1 N–H and O–H groups in total. The topological polar surface area (TPSA) is 78.1 Å². The van der Waals surface area contributed by atoms with Crippen LogP contribution < -0.4 is 19.6 Å². The van der Waals surface area contributed by atoms with Crippen molar-refractivity contribution in [3.8, 4) is 28.4 Å². The molecule has 0 bridgehead atoms. The van der Waals surface area contributed by atoms with E-state index in [0.29, 0.717) is 46.6 Å². The molecule has 4 rings (SSSR count). The lowest BCUT2D eigenvalue weighted by molar-refractivity contribution is -0.0232. The molecule has 1 atom stereocenters. The molecule has 0 unspecified atom stereocenters. The molecule has 33 heavy (non-hydrogen) atoms. The van der Waals surface area contributed by atoms with Crippen molar-refractivity contribution in [3.63, 3.8) is 0 Å². The second-order valence-electron chi connectivity index (χ2n) is 9.18. The number of methoxy groups -OCH3 is 2. The van der Waals surface area contributed by atoms with Gasteiger partial charge in [-0.25, -0.2) is 0 Å². The Bertz CT molecular complexity index is 1270. The first-order valence-electron chi connectivity index (χ1n) is 11.0. The summed E-state index contributed by atoms with van der Waals surface area (Å²) in [7, 11) is 3.15. The zero-order valence-electron chi connectivity index (χ0n) is 19.9. The lowest BCUT2D eigenvalue weighted by Crippen LogP contribution is -2.39. The Kier molecular flexibility index (Phi) is 5.97. The fraction of sp³-hybridized carbons (Fsp3) is 0.370. The Morgan fingerprint density at radius 3 is 2.45 bits per heavy atom. The summed E-state index contributed by atoms with van der Waals surface area (Å²) >= 11 is 0. The van der Waals surface area contributed by atoms with Gasteiger partial charge in [0.05, 0.1) is 25.4 Å². The van der Waals surface area contributed by atoms with Gasteiger partial charge in [-0.1, -0.05) is 23.8 Å². The van der Waals surface area contributed by atoms with Crippen molar-refractivity contribution in [2.45, 2.75) is 52.2 Å². The minimum absolute atomic E-state index is 0.175. The van der Waals surface area contributed by atoms with Crippen molar-refractivity contribution in [1.29, 1.82) is 0 Å². The number of allylic oxidation sites excluding steroid dienone is 2. The van der Waals surface area contributed by atoms with Crippen LogP contribution in [0.5, 0.6) is 17.2 Å². The highest BCUT2D eigenvalue weighted by molar-refractivity contribution is 5.93. The van der Waals surface area contributed by atoms with Crippen molar-refractivity contribution in [3.05, 3.63) is 63.5 Å². The van der Waals surface area contributed by atoms with E-state index < -0.39 is 11.7 Å². The van der Waals surface area contributed by atoms with Gasteiger partial charge in [-0.05, 0) is 51.8 Å². The van der Waals surface area contributed by atoms with E-state index in [-0.39, 0.29) is 5.43 Å². The van der Waals surface area contributed by atoms with Gasteiger partial charge in [0.1, 0.15) is 40.6 Å². The molecule has 6 heteroatoms. The molecule has 0 amide bonds. The van der Waals surface area contributed by atoms with Crippen molar-refractivity contribution in [1.82, 2.24) is 0 Å². The van der Waals surface area contributed by atoms with Crippen LogP contribution >= 0.6 is 0 Å². The SMILES string of the molecule is COc1ccc(-c2coc3c4c(c(CC=C(C)C)c(OC)c3c2=O)O[C@H](C(C)(C)O)C4)cc1. The summed E-state index contributed by atoms with van der Waals surface area (Å²) in [5.41, 5.74) is 3.08. The average Bonchev–Trinajstić information content (AvgIpc) is 3.23. The quantitative estimate of drug-likeness (QED) is 0.529. The van der Waals surface area contributed by atoms with Crippen LogP contribution in [0.15, 0.2) is 51.4 Å². The van der Waals surface area contributed by atoms with Gasteiger partial charge in [0, 0.05) is 17.5 Å². The average molecular weight is 451 g/mol. The summed E-state index contributed by atoms with van der Waals surface area (Å²) in [5.74, 6) is 1.78. The standard InChI is InChI=1S/C27H30O6/c1-15(2)7-12-18-24-19(13-21(33-24)27(3,4)29)26-22(25(18)31-6)23(28)20(14-32-26)16-8-10-17(30-5)11-9-16/h7-11,14,21,29H,12-13H2,1-6H3/t21-/m0/s1. The van der Waals surface area contributed by atoms with Gasteiger partial charge in [-0.15, -0.1) is 0 Å². The summed E-state index contributed by atoms with van der Waals surface area (Å²) in [4.78, 5) is 13.8. The van der Waals surface area contributed by atoms with E-state index in [1.165, 1.54) is 6.26 Å². The van der Waals surface area contributed by atoms with Gasteiger partial charge < -0.3 is 23.7 Å². The molecule has 1 aliphatic heterocycles. The first kappa shape index (κ1) is 22.9. The number of hydrogen-bond donors (Lipinski definition) is 1. The molecule has 1 aliphatic rings. The molecule has 2 heterocycles. The van der Waals surface area contributed by atoms with Gasteiger partial charge >= 0.3 is 0 Å². The second-order valence-corrected chi connectivity index (χ2v) is 9.18. The highest BCUT2D eigenvalue weighted by Crippen LogP contribution is 2.46. The van der Waals surface area contributed by atoms with Gasteiger partial charge in [-0.3, -0.25) is 4.79 Å². The number of hydrogen-bond acceptors (Lipinski definition) is 6. The van der Waals surface area contributed by atoms with Crippen LogP contribution in [0, 0.1) is 0 Å². The van der Waals surface area contributed by atoms with E-state index >= 15 is 0 Å². The summed E-state index contributed by atoms with van der Waals surface area (Å²) < 4.78 is 23.3. The van der Waals surface area contributed by atoms with Crippen LogP contribution in [0.4, 0.5) is 0 Å². The van der Waals surface area contributed by atoms with Crippen molar-refractivity contribution >= 4 is 11.0 Å². The third-order valence-electron chi connectivity index (χ3n) is 6.07. The molecule has 2 aromatic carbocycles. The second kappa shape index (κ2) is 8.60. The van der Waals surface area contributed by atoms with Crippen LogP contribution in [0.2, 0.25) is 0 Å². The zero-order chi connectivity index (χ0) is 23.9. The van der Waals surface area contributed by atoms with Crippen LogP contribution in [0.1, 0.15) is 38.8 Å². The molecule has 174 valence electrons. The first-order chi connectivity index (χ1) is 15.7. The maximum absolute atomic E-state index is 13.8. The summed E-state index contributed by atoms with van der Waals surface area (Å²) in [6, 6.07) is 7.27. The van der Waals surface area contributed by atoms with Gasteiger partial charge in [-0.2, -0.15) is 0 Å². The summed E-state index contributed by atoms with van der Waals surface area (Å²) in [6.45, 7) is 7.47. The van der Waals surface area contributed by atoms with Gasteiger partial charge in [0.15, 0.2) is 0 Å². The van der Waals surface area contributed by atoms with E-state index in [1.807, 2.05) is 26.0 Å². The first-order valence-corrected chi connectivity index (χ1v) is 11.0. The van der Waals surface area contributed by atoms with E-state index in [9.17, 15) is 9.90 Å². The largest absolute Gasteiger partial charge is 0.497 e. The molecular formula is C27H30O6. The Hall–Kier alpha value is -3.25. The third-order valence-corrected chi connectivity index (χ3v) is 6.07. The number of rotatable bonds is 6. The number of ether oxygens (including phenoxy) is 3. The van der Waals surface area contributed by atoms with Crippen LogP contribution in [0.3, 0.4) is 0 Å². The monoisotopic (exact) mass is 450 g/mol. The minimum Gasteiger partial charge on any atom is -0.497 e. The van der Waals surface area contributed by atoms with Gasteiger partial charge in [0.2, 0.25) is 5.43 Å². The molecule has 6 nitrogen and oxygen atoms in total. The van der Waals surface area contributed by atoms with Crippen molar-refractivity contribution in [2.24, 2.45) is 0 Å². The third kappa shape index (κ3) is 4.11. The Morgan fingerprint density at radius 1 is 1.18 bits per heavy atom. The highest BCUT2D eigenvalue weighted by atomic mass is 16.5. The lowest BCUT2D eigenvalue weighted by atomic mass is 9.93. The van der Waals surface area contributed by atoms with Crippen LogP contribution in [-0.2, 0) is 12.8 Å². The summed E-state index contributed by atoms with van der Waals surface area (Å²) in [6.07, 6.45) is 4.07. The zero-order valence-corrected chi connectivity index (χ0v) is 19.9. The maximum atomic E-state index is 13.8. The molecule has 0 aliphatic carbocycles. The van der Waals surface area contributed by atoms with E-state index in [2.05, 4.69) is 6.08 Å².